The molecule has 0 unspecified atom stereocenters. The Balaban J connectivity index is 1.47. The predicted octanol–water partition coefficient (Wildman–Crippen LogP) is 7.96. The number of hydrogen-bond acceptors (Lipinski definition) is 1. The van der Waals surface area contributed by atoms with E-state index in [0.717, 1.165) is 66.1 Å². The van der Waals surface area contributed by atoms with Gasteiger partial charge in [-0.15, -0.1) is 0 Å². The molecule has 0 heterocycles. The number of aliphatic hydroxyl groups excluding tert-OH is 1. The molecule has 4 aliphatic carbocycles. The fraction of sp³-hybridized carbons (Fsp3) is 1.00. The molecule has 0 saturated heterocycles. The van der Waals surface area contributed by atoms with E-state index in [1.807, 2.05) is 0 Å². The molecule has 4 rings (SSSR count). The SMILES string of the molecule is CC(C)[C@H](C)[C@H](C)C[C@@H](C)[C@H]1CC[C@H]2[C@@H]3CC[C@H]4C[C@@H](O)CC[C@]4(C)[C@@H]3CC[C@]12C. The fourth-order valence-corrected chi connectivity index (χ4v) is 9.83. The van der Waals surface area contributed by atoms with Gasteiger partial charge in [0.15, 0.2) is 0 Å². The van der Waals surface area contributed by atoms with Gasteiger partial charge >= 0.3 is 0 Å². The molecule has 0 amide bonds. The lowest BCUT2D eigenvalue weighted by molar-refractivity contribution is -0.129. The van der Waals surface area contributed by atoms with Crippen LogP contribution in [0, 0.1) is 64.1 Å². The molecular weight excluding hydrogens is 364 g/mol. The van der Waals surface area contributed by atoms with Crippen molar-refractivity contribution in [1.29, 1.82) is 0 Å². The average Bonchev–Trinajstić information content (AvgIpc) is 3.05. The van der Waals surface area contributed by atoms with Gasteiger partial charge in [0, 0.05) is 0 Å². The quantitative estimate of drug-likeness (QED) is 0.482. The summed E-state index contributed by atoms with van der Waals surface area (Å²) in [6, 6.07) is 0. The Morgan fingerprint density at radius 1 is 0.800 bits per heavy atom. The second-order valence-electron chi connectivity index (χ2n) is 13.6. The Morgan fingerprint density at radius 3 is 2.17 bits per heavy atom. The Kier molecular flexibility index (Phi) is 6.47. The van der Waals surface area contributed by atoms with E-state index in [2.05, 4.69) is 48.5 Å². The lowest BCUT2D eigenvalue weighted by Crippen LogP contribution is -2.54. The number of hydrogen-bond donors (Lipinski definition) is 1. The van der Waals surface area contributed by atoms with E-state index in [1.165, 1.54) is 51.4 Å². The van der Waals surface area contributed by atoms with E-state index >= 15 is 0 Å². The summed E-state index contributed by atoms with van der Waals surface area (Å²) >= 11 is 0. The highest BCUT2D eigenvalue weighted by Gasteiger charge is 2.60. The van der Waals surface area contributed by atoms with Crippen molar-refractivity contribution in [3.8, 4) is 0 Å². The summed E-state index contributed by atoms with van der Waals surface area (Å²) in [5, 5.41) is 10.3. The van der Waals surface area contributed by atoms with Crippen molar-refractivity contribution in [2.24, 2.45) is 64.1 Å². The Morgan fingerprint density at radius 2 is 1.47 bits per heavy atom. The van der Waals surface area contributed by atoms with Gasteiger partial charge < -0.3 is 5.11 Å². The van der Waals surface area contributed by atoms with Crippen LogP contribution in [0.5, 0.6) is 0 Å². The average molecular weight is 417 g/mol. The van der Waals surface area contributed by atoms with Crippen molar-refractivity contribution in [3.05, 3.63) is 0 Å². The van der Waals surface area contributed by atoms with Crippen molar-refractivity contribution in [2.75, 3.05) is 0 Å². The first-order chi connectivity index (χ1) is 14.1. The number of fused-ring (bicyclic) bond motifs is 5. The third-order valence-electron chi connectivity index (χ3n) is 12.1. The molecular formula is C29H52O. The summed E-state index contributed by atoms with van der Waals surface area (Å²) in [5.41, 5.74) is 1.12. The van der Waals surface area contributed by atoms with Gasteiger partial charge in [0.1, 0.15) is 0 Å². The molecule has 174 valence electrons. The summed E-state index contributed by atoms with van der Waals surface area (Å²) in [4.78, 5) is 0. The zero-order valence-electron chi connectivity index (χ0n) is 21.3. The first-order valence-electron chi connectivity index (χ1n) is 13.8. The van der Waals surface area contributed by atoms with Crippen LogP contribution in [0.4, 0.5) is 0 Å². The molecule has 4 saturated carbocycles. The van der Waals surface area contributed by atoms with Crippen molar-refractivity contribution < 1.29 is 5.11 Å². The molecule has 0 aromatic rings. The molecule has 1 nitrogen and oxygen atoms in total. The van der Waals surface area contributed by atoms with Crippen LogP contribution in [-0.4, -0.2) is 11.2 Å². The normalized spacial score (nSPS) is 49.1. The van der Waals surface area contributed by atoms with Gasteiger partial charge in [-0.25, -0.2) is 0 Å². The van der Waals surface area contributed by atoms with Gasteiger partial charge in [0.05, 0.1) is 6.10 Å². The minimum absolute atomic E-state index is 0.0135. The minimum Gasteiger partial charge on any atom is -0.393 e. The van der Waals surface area contributed by atoms with Crippen LogP contribution < -0.4 is 0 Å². The summed E-state index contributed by atoms with van der Waals surface area (Å²) in [6.07, 6.45) is 13.7. The zero-order valence-corrected chi connectivity index (χ0v) is 21.3. The molecule has 0 radical (unpaired) electrons. The second kappa shape index (κ2) is 8.39. The third kappa shape index (κ3) is 3.72. The van der Waals surface area contributed by atoms with Crippen molar-refractivity contribution >= 4 is 0 Å². The van der Waals surface area contributed by atoms with Gasteiger partial charge in [0.2, 0.25) is 0 Å². The van der Waals surface area contributed by atoms with Crippen LogP contribution in [0.3, 0.4) is 0 Å². The van der Waals surface area contributed by atoms with Crippen LogP contribution in [0.25, 0.3) is 0 Å². The van der Waals surface area contributed by atoms with E-state index in [1.54, 1.807) is 0 Å². The van der Waals surface area contributed by atoms with Gasteiger partial charge in [0.25, 0.3) is 0 Å². The predicted molar refractivity (Wildman–Crippen MR) is 128 cm³/mol. The topological polar surface area (TPSA) is 20.2 Å². The maximum atomic E-state index is 10.3. The molecule has 0 aliphatic heterocycles. The molecule has 0 aromatic heterocycles. The highest BCUT2D eigenvalue weighted by atomic mass is 16.3. The second-order valence-corrected chi connectivity index (χ2v) is 13.6. The molecule has 1 N–H and O–H groups in total. The lowest BCUT2D eigenvalue weighted by Gasteiger charge is -2.61. The number of rotatable bonds is 5. The first-order valence-corrected chi connectivity index (χ1v) is 13.8. The van der Waals surface area contributed by atoms with Crippen molar-refractivity contribution in [2.45, 2.75) is 119 Å². The monoisotopic (exact) mass is 416 g/mol. The van der Waals surface area contributed by atoms with E-state index < -0.39 is 0 Å². The minimum atomic E-state index is -0.0135. The van der Waals surface area contributed by atoms with Crippen LogP contribution in [0.2, 0.25) is 0 Å². The largest absolute Gasteiger partial charge is 0.393 e. The molecule has 0 bridgehead atoms. The Bertz CT molecular complexity index is 597. The standard InChI is InChI=1S/C29H52O/c1-18(2)21(5)19(3)16-20(4)25-10-11-26-24-9-8-22-17-23(30)12-14-28(22,6)27(24)13-15-29(25,26)7/h18-27,30H,8-17H2,1-7H3/t19-,20-,21+,22+,23+,24+,25-,26+,27-,28+,29-/m1/s1. The van der Waals surface area contributed by atoms with E-state index in [-0.39, 0.29) is 6.10 Å². The molecule has 1 heteroatoms. The molecule has 0 aromatic carbocycles. The number of aliphatic hydroxyl groups is 1. The lowest BCUT2D eigenvalue weighted by atomic mass is 9.44. The molecule has 0 spiro atoms. The van der Waals surface area contributed by atoms with Gasteiger partial charge in [-0.1, -0.05) is 48.5 Å². The van der Waals surface area contributed by atoms with Gasteiger partial charge in [-0.3, -0.25) is 0 Å². The molecule has 4 fully saturated rings. The summed E-state index contributed by atoms with van der Waals surface area (Å²) in [6.45, 7) is 17.8. The highest BCUT2D eigenvalue weighted by molar-refractivity contribution is 5.09. The Labute approximate surface area is 188 Å². The van der Waals surface area contributed by atoms with Crippen LogP contribution >= 0.6 is 0 Å². The summed E-state index contributed by atoms with van der Waals surface area (Å²) in [7, 11) is 0. The van der Waals surface area contributed by atoms with E-state index in [9.17, 15) is 5.11 Å². The van der Waals surface area contributed by atoms with Crippen molar-refractivity contribution in [1.82, 2.24) is 0 Å². The summed E-state index contributed by atoms with van der Waals surface area (Å²) in [5.74, 6) is 8.01. The first kappa shape index (κ1) is 23.1. The fourth-order valence-electron chi connectivity index (χ4n) is 9.83. The van der Waals surface area contributed by atoms with E-state index in [4.69, 9.17) is 0 Å². The van der Waals surface area contributed by atoms with Crippen molar-refractivity contribution in [3.63, 3.8) is 0 Å². The van der Waals surface area contributed by atoms with Gasteiger partial charge in [-0.2, -0.15) is 0 Å². The molecule has 11 atom stereocenters. The Hall–Kier alpha value is -0.0400. The highest BCUT2D eigenvalue weighted by Crippen LogP contribution is 2.68. The zero-order chi connectivity index (χ0) is 21.8. The van der Waals surface area contributed by atoms with Crippen LogP contribution in [0.1, 0.15) is 113 Å². The van der Waals surface area contributed by atoms with Crippen LogP contribution in [0.15, 0.2) is 0 Å². The van der Waals surface area contributed by atoms with Gasteiger partial charge in [-0.05, 0) is 128 Å². The molecule has 4 aliphatic rings. The van der Waals surface area contributed by atoms with Crippen LogP contribution in [-0.2, 0) is 0 Å². The smallest absolute Gasteiger partial charge is 0.0543 e. The van der Waals surface area contributed by atoms with E-state index in [0.29, 0.717) is 10.8 Å². The maximum Gasteiger partial charge on any atom is 0.0543 e. The third-order valence-corrected chi connectivity index (χ3v) is 12.1. The maximum absolute atomic E-state index is 10.3. The molecule has 30 heavy (non-hydrogen) atoms. The summed E-state index contributed by atoms with van der Waals surface area (Å²) < 4.78 is 0.